The van der Waals surface area contributed by atoms with Gasteiger partial charge >= 0.3 is 0 Å². The average molecular weight is 466 g/mol. The van der Waals surface area contributed by atoms with E-state index in [1.54, 1.807) is 18.3 Å². The Balaban J connectivity index is 1.82. The third-order valence-electron chi connectivity index (χ3n) is 4.01. The Labute approximate surface area is 175 Å². The molecule has 0 aliphatic carbocycles. The molecule has 0 saturated carbocycles. The Morgan fingerprint density at radius 3 is 2.74 bits per heavy atom. The van der Waals surface area contributed by atoms with Crippen molar-refractivity contribution < 1.29 is 4.79 Å². The zero-order chi connectivity index (χ0) is 19.6. The van der Waals surface area contributed by atoms with Crippen LogP contribution >= 0.6 is 39.1 Å². The van der Waals surface area contributed by atoms with Crippen molar-refractivity contribution in [3.05, 3.63) is 79.8 Å². The minimum Gasteiger partial charge on any atom is -0.318 e. The van der Waals surface area contributed by atoms with Gasteiger partial charge < -0.3 is 4.57 Å². The molecule has 1 aromatic carbocycles. The van der Waals surface area contributed by atoms with Crippen molar-refractivity contribution in [1.29, 1.82) is 0 Å². The van der Waals surface area contributed by atoms with Gasteiger partial charge in [-0.1, -0.05) is 23.2 Å². The molecule has 0 atom stereocenters. The maximum Gasteiger partial charge on any atom is 0.274 e. The van der Waals surface area contributed by atoms with E-state index in [1.807, 2.05) is 38.1 Å². The van der Waals surface area contributed by atoms with Crippen LogP contribution in [0.1, 0.15) is 27.3 Å². The highest BCUT2D eigenvalue weighted by Gasteiger charge is 2.12. The summed E-state index contributed by atoms with van der Waals surface area (Å²) in [6.45, 7) is 3.97. The van der Waals surface area contributed by atoms with Gasteiger partial charge in [-0.25, -0.2) is 10.4 Å². The molecule has 2 aromatic heterocycles. The lowest BCUT2D eigenvalue weighted by atomic mass is 10.2. The normalized spacial score (nSPS) is 11.1. The van der Waals surface area contributed by atoms with Crippen molar-refractivity contribution in [1.82, 2.24) is 15.0 Å². The van der Waals surface area contributed by atoms with Crippen molar-refractivity contribution in [2.24, 2.45) is 5.10 Å². The molecule has 3 rings (SSSR count). The van der Waals surface area contributed by atoms with E-state index < -0.39 is 5.91 Å². The Hall–Kier alpha value is -2.15. The van der Waals surface area contributed by atoms with E-state index in [4.69, 9.17) is 23.2 Å². The van der Waals surface area contributed by atoms with Gasteiger partial charge in [0.2, 0.25) is 0 Å². The molecule has 1 N–H and O–H groups in total. The number of benzene rings is 1. The van der Waals surface area contributed by atoms with Crippen LogP contribution < -0.4 is 5.43 Å². The molecular formula is C19H15BrCl2N4O. The Morgan fingerprint density at radius 2 is 2.04 bits per heavy atom. The number of aryl methyl sites for hydroxylation is 1. The SMILES string of the molecule is Cc1cc(C=NNC(=O)c2cccnc2Cl)c(C)n1-c1ccc(Br)c(Cl)c1. The Bertz CT molecular complexity index is 1050. The van der Waals surface area contributed by atoms with Crippen LogP contribution in [0.5, 0.6) is 0 Å². The zero-order valence-electron chi connectivity index (χ0n) is 14.5. The van der Waals surface area contributed by atoms with E-state index in [2.05, 4.69) is 36.0 Å². The molecule has 8 heteroatoms. The summed E-state index contributed by atoms with van der Waals surface area (Å²) in [5.74, 6) is -0.419. The number of hydrazone groups is 1. The molecule has 0 spiro atoms. The second-order valence-electron chi connectivity index (χ2n) is 5.80. The first-order chi connectivity index (χ1) is 12.9. The smallest absolute Gasteiger partial charge is 0.274 e. The molecule has 138 valence electrons. The highest BCUT2D eigenvalue weighted by Crippen LogP contribution is 2.27. The Morgan fingerprint density at radius 1 is 1.26 bits per heavy atom. The number of aromatic nitrogens is 2. The number of hydrogen-bond acceptors (Lipinski definition) is 3. The topological polar surface area (TPSA) is 59.3 Å². The molecule has 0 aliphatic heterocycles. The molecule has 0 bridgehead atoms. The molecule has 0 unspecified atom stereocenters. The molecular weight excluding hydrogens is 451 g/mol. The maximum atomic E-state index is 12.1. The number of nitrogens with one attached hydrogen (secondary N) is 1. The minimum absolute atomic E-state index is 0.135. The number of nitrogens with zero attached hydrogens (tertiary/aromatic N) is 3. The van der Waals surface area contributed by atoms with Gasteiger partial charge in [0.25, 0.3) is 5.91 Å². The largest absolute Gasteiger partial charge is 0.318 e. The average Bonchev–Trinajstić information content (AvgIpc) is 2.91. The molecule has 0 fully saturated rings. The van der Waals surface area contributed by atoms with E-state index in [-0.39, 0.29) is 10.7 Å². The van der Waals surface area contributed by atoms with Gasteiger partial charge in [0, 0.05) is 33.3 Å². The van der Waals surface area contributed by atoms with Crippen LogP contribution in [0.15, 0.2) is 52.2 Å². The fourth-order valence-corrected chi connectivity index (χ4v) is 3.34. The van der Waals surface area contributed by atoms with Crippen molar-refractivity contribution in [3.63, 3.8) is 0 Å². The highest BCUT2D eigenvalue weighted by atomic mass is 79.9. The first-order valence-corrected chi connectivity index (χ1v) is 9.51. The van der Waals surface area contributed by atoms with Crippen LogP contribution in [-0.2, 0) is 0 Å². The zero-order valence-corrected chi connectivity index (χ0v) is 17.6. The van der Waals surface area contributed by atoms with Crippen LogP contribution in [0, 0.1) is 13.8 Å². The van der Waals surface area contributed by atoms with Crippen LogP contribution in [0.3, 0.4) is 0 Å². The van der Waals surface area contributed by atoms with E-state index in [1.165, 1.54) is 6.20 Å². The fourth-order valence-electron chi connectivity index (χ4n) is 2.72. The van der Waals surface area contributed by atoms with Crippen LogP contribution in [0.4, 0.5) is 0 Å². The number of amides is 1. The summed E-state index contributed by atoms with van der Waals surface area (Å²) in [7, 11) is 0. The van der Waals surface area contributed by atoms with Gasteiger partial charge in [0.15, 0.2) is 0 Å². The highest BCUT2D eigenvalue weighted by molar-refractivity contribution is 9.10. The lowest BCUT2D eigenvalue weighted by Crippen LogP contribution is -2.18. The summed E-state index contributed by atoms with van der Waals surface area (Å²) in [5.41, 5.74) is 6.56. The van der Waals surface area contributed by atoms with E-state index in [0.717, 1.165) is 27.1 Å². The molecule has 1 amide bonds. The van der Waals surface area contributed by atoms with Crippen LogP contribution in [0.2, 0.25) is 10.2 Å². The van der Waals surface area contributed by atoms with Gasteiger partial charge in [-0.2, -0.15) is 5.10 Å². The summed E-state index contributed by atoms with van der Waals surface area (Å²) in [6, 6.07) is 11.0. The predicted molar refractivity (Wildman–Crippen MR) is 112 cm³/mol. The van der Waals surface area contributed by atoms with Crippen molar-refractivity contribution in [2.45, 2.75) is 13.8 Å². The second-order valence-corrected chi connectivity index (χ2v) is 7.42. The third-order valence-corrected chi connectivity index (χ3v) is 5.54. The molecule has 5 nitrogen and oxygen atoms in total. The molecule has 0 radical (unpaired) electrons. The van der Waals surface area contributed by atoms with Gasteiger partial charge in [0.05, 0.1) is 16.8 Å². The number of halogens is 3. The lowest BCUT2D eigenvalue weighted by Gasteiger charge is -2.10. The van der Waals surface area contributed by atoms with Gasteiger partial charge in [-0.05, 0) is 66.2 Å². The third kappa shape index (κ3) is 4.24. The number of carbonyl (C=O) groups is 1. The molecule has 2 heterocycles. The summed E-state index contributed by atoms with van der Waals surface area (Å²) >= 11 is 15.5. The van der Waals surface area contributed by atoms with Gasteiger partial charge in [0.1, 0.15) is 5.15 Å². The van der Waals surface area contributed by atoms with E-state index in [0.29, 0.717) is 5.02 Å². The number of pyridine rings is 1. The minimum atomic E-state index is -0.419. The monoisotopic (exact) mass is 464 g/mol. The molecule has 0 aliphatic rings. The predicted octanol–water partition coefficient (Wildman–Crippen LogP) is 5.32. The van der Waals surface area contributed by atoms with Crippen LogP contribution in [-0.4, -0.2) is 21.7 Å². The standard InChI is InChI=1S/C19H15BrCl2N4O/c1-11-8-13(10-24-25-19(27)15-4-3-7-23-18(15)22)12(2)26(11)14-5-6-16(20)17(21)9-14/h3-10H,1-2H3,(H,25,27). The molecule has 0 saturated heterocycles. The fraction of sp³-hybridized carbons (Fsp3) is 0.105. The van der Waals surface area contributed by atoms with Crippen molar-refractivity contribution in [2.75, 3.05) is 0 Å². The first kappa shape index (κ1) is 19.6. The molecule has 27 heavy (non-hydrogen) atoms. The second kappa shape index (κ2) is 8.25. The van der Waals surface area contributed by atoms with Crippen molar-refractivity contribution in [3.8, 4) is 5.69 Å². The summed E-state index contributed by atoms with van der Waals surface area (Å²) < 4.78 is 2.91. The van der Waals surface area contributed by atoms with Gasteiger partial charge in [-0.15, -0.1) is 0 Å². The molecule has 3 aromatic rings. The van der Waals surface area contributed by atoms with E-state index in [9.17, 15) is 4.79 Å². The number of rotatable bonds is 4. The Kier molecular flexibility index (Phi) is 5.99. The lowest BCUT2D eigenvalue weighted by molar-refractivity contribution is 0.0955. The summed E-state index contributed by atoms with van der Waals surface area (Å²) in [5, 5.41) is 4.81. The van der Waals surface area contributed by atoms with E-state index >= 15 is 0 Å². The van der Waals surface area contributed by atoms with Crippen LogP contribution in [0.25, 0.3) is 5.69 Å². The number of carbonyl (C=O) groups excluding carboxylic acids is 1. The van der Waals surface area contributed by atoms with Crippen molar-refractivity contribution >= 4 is 51.3 Å². The van der Waals surface area contributed by atoms with Gasteiger partial charge in [-0.3, -0.25) is 4.79 Å². The quantitative estimate of drug-likeness (QED) is 0.322. The first-order valence-electron chi connectivity index (χ1n) is 7.96. The number of hydrogen-bond donors (Lipinski definition) is 1. The summed E-state index contributed by atoms with van der Waals surface area (Å²) in [6.07, 6.45) is 3.12. The maximum absolute atomic E-state index is 12.1. The summed E-state index contributed by atoms with van der Waals surface area (Å²) in [4.78, 5) is 16.0.